The van der Waals surface area contributed by atoms with Gasteiger partial charge in [-0.25, -0.2) is 9.48 Å². The Kier molecular flexibility index (Phi) is 4.93. The van der Waals surface area contributed by atoms with Crippen LogP contribution in [-0.4, -0.2) is 26.8 Å². The highest BCUT2D eigenvalue weighted by Crippen LogP contribution is 2.15. The minimum Gasteiger partial charge on any atom is -0.479 e. The van der Waals surface area contributed by atoms with Gasteiger partial charge in [-0.15, -0.1) is 0 Å². The molecule has 0 aliphatic rings. The molecule has 0 unspecified atom stereocenters. The van der Waals surface area contributed by atoms with Crippen LogP contribution >= 0.6 is 0 Å². The molecule has 0 spiro atoms. The minimum absolute atomic E-state index is 0.389. The zero-order valence-corrected chi connectivity index (χ0v) is 13.5. The van der Waals surface area contributed by atoms with E-state index in [1.807, 2.05) is 0 Å². The van der Waals surface area contributed by atoms with Crippen LogP contribution in [0.25, 0.3) is 11.5 Å². The molecule has 2 N–H and O–H groups in total. The quantitative estimate of drug-likeness (QED) is 0.693. The fraction of sp³-hybridized carbons (Fsp3) is 0.111. The number of rotatable bonds is 6. The lowest BCUT2D eigenvalue weighted by molar-refractivity contribution is -0.142. The molecule has 1 aromatic carbocycles. The number of carboxylic acids is 1. The van der Waals surface area contributed by atoms with Crippen LogP contribution in [-0.2, 0) is 16.1 Å². The van der Waals surface area contributed by atoms with Gasteiger partial charge in [0.05, 0.1) is 6.26 Å². The number of carboxylic acid groups (broad SMARTS) is 1. The van der Waals surface area contributed by atoms with Crippen LogP contribution in [0.2, 0.25) is 0 Å². The summed E-state index contributed by atoms with van der Waals surface area (Å²) in [5.74, 6) is -1.39. The number of nitrogens with one attached hydrogen (secondary N) is 1. The third-order valence-corrected chi connectivity index (χ3v) is 3.62. The minimum atomic E-state index is -1.22. The van der Waals surface area contributed by atoms with E-state index >= 15 is 0 Å². The molecule has 0 fully saturated rings. The Morgan fingerprint density at radius 1 is 1.12 bits per heavy atom. The first-order chi connectivity index (χ1) is 12.5. The van der Waals surface area contributed by atoms with E-state index in [4.69, 9.17) is 4.42 Å². The van der Waals surface area contributed by atoms with Crippen molar-refractivity contribution in [3.8, 4) is 11.5 Å². The van der Waals surface area contributed by atoms with E-state index in [0.29, 0.717) is 17.0 Å². The predicted molar refractivity (Wildman–Crippen MR) is 91.2 cm³/mol. The van der Waals surface area contributed by atoms with Gasteiger partial charge in [-0.2, -0.15) is 5.10 Å². The summed E-state index contributed by atoms with van der Waals surface area (Å²) in [4.78, 5) is 35.6. The molecule has 1 atom stereocenters. The highest BCUT2D eigenvalue weighted by molar-refractivity contribution is 5.84. The molecular formula is C18H15N3O5. The predicted octanol–water partition coefficient (Wildman–Crippen LogP) is 1.45. The van der Waals surface area contributed by atoms with Gasteiger partial charge < -0.3 is 14.8 Å². The summed E-state index contributed by atoms with van der Waals surface area (Å²) < 4.78 is 6.17. The Hall–Kier alpha value is -3.68. The molecule has 3 rings (SSSR count). The third-order valence-electron chi connectivity index (χ3n) is 3.62. The van der Waals surface area contributed by atoms with Gasteiger partial charge in [0.15, 0.2) is 11.8 Å². The number of aliphatic carboxylic acids is 1. The summed E-state index contributed by atoms with van der Waals surface area (Å²) in [5, 5.41) is 15.8. The Labute approximate surface area is 147 Å². The van der Waals surface area contributed by atoms with E-state index in [1.165, 1.54) is 18.4 Å². The molecule has 0 bridgehead atoms. The molecule has 132 valence electrons. The first-order valence-electron chi connectivity index (χ1n) is 7.74. The van der Waals surface area contributed by atoms with Crippen molar-refractivity contribution in [3.63, 3.8) is 0 Å². The Morgan fingerprint density at radius 3 is 2.54 bits per heavy atom. The zero-order valence-electron chi connectivity index (χ0n) is 13.5. The number of carbonyl (C=O) groups excluding carboxylic acids is 1. The van der Waals surface area contributed by atoms with Crippen molar-refractivity contribution in [1.82, 2.24) is 15.1 Å². The SMILES string of the molecule is O=C(Cn1nc(-c2ccco2)ccc1=O)N[C@@H](C(=O)O)c1ccccc1. The molecular weight excluding hydrogens is 338 g/mol. The molecule has 8 heteroatoms. The van der Waals surface area contributed by atoms with Gasteiger partial charge in [0.2, 0.25) is 5.91 Å². The summed E-state index contributed by atoms with van der Waals surface area (Å²) in [6.45, 7) is -0.413. The number of furan rings is 1. The summed E-state index contributed by atoms with van der Waals surface area (Å²) in [6, 6.07) is 13.2. The van der Waals surface area contributed by atoms with Crippen molar-refractivity contribution in [2.24, 2.45) is 0 Å². The van der Waals surface area contributed by atoms with Gasteiger partial charge in [-0.05, 0) is 23.8 Å². The fourth-order valence-corrected chi connectivity index (χ4v) is 2.39. The number of carbonyl (C=O) groups is 2. The first kappa shape index (κ1) is 17.2. The standard InChI is InChI=1S/C18H15N3O5/c22-15(19-17(18(24)25)12-5-2-1-3-6-12)11-21-16(23)9-8-13(20-21)14-7-4-10-26-14/h1-10,17H,11H2,(H,19,22)(H,24,25)/t17-/m1/s1. The summed E-state index contributed by atoms with van der Waals surface area (Å²) in [6.07, 6.45) is 1.47. The van der Waals surface area contributed by atoms with Gasteiger partial charge in [-0.3, -0.25) is 9.59 Å². The Bertz CT molecular complexity index is 964. The van der Waals surface area contributed by atoms with Crippen molar-refractivity contribution < 1.29 is 19.1 Å². The van der Waals surface area contributed by atoms with Gasteiger partial charge in [0.25, 0.3) is 5.56 Å². The zero-order chi connectivity index (χ0) is 18.5. The number of amides is 1. The van der Waals surface area contributed by atoms with Crippen LogP contribution in [0.5, 0.6) is 0 Å². The van der Waals surface area contributed by atoms with Crippen LogP contribution in [0, 0.1) is 0 Å². The molecule has 2 heterocycles. The average Bonchev–Trinajstić information content (AvgIpc) is 3.17. The van der Waals surface area contributed by atoms with Crippen LogP contribution in [0.3, 0.4) is 0 Å². The van der Waals surface area contributed by atoms with Crippen LogP contribution in [0.1, 0.15) is 11.6 Å². The molecule has 2 aromatic heterocycles. The average molecular weight is 353 g/mol. The van der Waals surface area contributed by atoms with Crippen LogP contribution < -0.4 is 10.9 Å². The van der Waals surface area contributed by atoms with Crippen molar-refractivity contribution in [2.45, 2.75) is 12.6 Å². The smallest absolute Gasteiger partial charge is 0.330 e. The number of nitrogens with zero attached hydrogens (tertiary/aromatic N) is 2. The van der Waals surface area contributed by atoms with Gasteiger partial charge in [0, 0.05) is 6.07 Å². The monoisotopic (exact) mass is 353 g/mol. The molecule has 0 aliphatic carbocycles. The van der Waals surface area contributed by atoms with Crippen molar-refractivity contribution in [3.05, 3.63) is 76.8 Å². The number of hydrogen-bond donors (Lipinski definition) is 2. The largest absolute Gasteiger partial charge is 0.479 e. The maximum absolute atomic E-state index is 12.3. The normalized spacial score (nSPS) is 11.7. The summed E-state index contributed by atoms with van der Waals surface area (Å²) in [5.41, 5.74) is 0.334. The molecule has 3 aromatic rings. The van der Waals surface area contributed by atoms with Crippen molar-refractivity contribution >= 4 is 11.9 Å². The van der Waals surface area contributed by atoms with Gasteiger partial charge in [0.1, 0.15) is 12.2 Å². The molecule has 26 heavy (non-hydrogen) atoms. The number of hydrogen-bond acceptors (Lipinski definition) is 5. The molecule has 0 radical (unpaired) electrons. The Balaban J connectivity index is 1.78. The van der Waals surface area contributed by atoms with E-state index < -0.39 is 30.0 Å². The lowest BCUT2D eigenvalue weighted by Gasteiger charge is -2.15. The second-order valence-electron chi connectivity index (χ2n) is 5.44. The van der Waals surface area contributed by atoms with E-state index in [2.05, 4.69) is 10.4 Å². The van der Waals surface area contributed by atoms with Gasteiger partial charge in [-0.1, -0.05) is 30.3 Å². The topological polar surface area (TPSA) is 114 Å². The lowest BCUT2D eigenvalue weighted by Crippen LogP contribution is -2.38. The Morgan fingerprint density at radius 2 is 1.88 bits per heavy atom. The molecule has 0 aliphatic heterocycles. The highest BCUT2D eigenvalue weighted by atomic mass is 16.4. The van der Waals surface area contributed by atoms with E-state index in [1.54, 1.807) is 42.5 Å². The van der Waals surface area contributed by atoms with Gasteiger partial charge >= 0.3 is 5.97 Å². The van der Waals surface area contributed by atoms with E-state index in [-0.39, 0.29) is 0 Å². The maximum Gasteiger partial charge on any atom is 0.330 e. The van der Waals surface area contributed by atoms with E-state index in [0.717, 1.165) is 4.68 Å². The molecule has 0 saturated carbocycles. The summed E-state index contributed by atoms with van der Waals surface area (Å²) in [7, 11) is 0. The highest BCUT2D eigenvalue weighted by Gasteiger charge is 2.22. The molecule has 8 nitrogen and oxygen atoms in total. The van der Waals surface area contributed by atoms with Crippen molar-refractivity contribution in [1.29, 1.82) is 0 Å². The maximum atomic E-state index is 12.3. The van der Waals surface area contributed by atoms with Crippen LogP contribution in [0.15, 0.2) is 70.1 Å². The number of aromatic nitrogens is 2. The van der Waals surface area contributed by atoms with E-state index in [9.17, 15) is 19.5 Å². The number of benzene rings is 1. The molecule has 1 amide bonds. The lowest BCUT2D eigenvalue weighted by atomic mass is 10.1. The second kappa shape index (κ2) is 7.47. The van der Waals surface area contributed by atoms with Crippen molar-refractivity contribution in [2.75, 3.05) is 0 Å². The van der Waals surface area contributed by atoms with Crippen LogP contribution in [0.4, 0.5) is 0 Å². The summed E-state index contributed by atoms with van der Waals surface area (Å²) >= 11 is 0. The second-order valence-corrected chi connectivity index (χ2v) is 5.44. The fourth-order valence-electron chi connectivity index (χ4n) is 2.39. The molecule has 0 saturated heterocycles. The third kappa shape index (κ3) is 3.86. The first-order valence-corrected chi connectivity index (χ1v) is 7.74.